The lowest BCUT2D eigenvalue weighted by Crippen LogP contribution is -2.27. The zero-order valence-electron chi connectivity index (χ0n) is 9.63. The average Bonchev–Trinajstić information content (AvgIpc) is 2.67. The largest absolute Gasteiger partial charge is 0.316 e. The summed E-state index contributed by atoms with van der Waals surface area (Å²) in [5, 5.41) is 0. The van der Waals surface area contributed by atoms with Crippen LogP contribution in [0.15, 0.2) is 24.3 Å². The summed E-state index contributed by atoms with van der Waals surface area (Å²) in [5.41, 5.74) is 5.95. The van der Waals surface area contributed by atoms with Gasteiger partial charge in [0, 0.05) is 6.42 Å². The highest BCUT2D eigenvalue weighted by atomic mass is 19.3. The van der Waals surface area contributed by atoms with Crippen LogP contribution < -0.4 is 5.73 Å². The minimum atomic E-state index is -2.73. The van der Waals surface area contributed by atoms with Gasteiger partial charge in [-0.05, 0) is 23.5 Å². The van der Waals surface area contributed by atoms with Gasteiger partial charge in [-0.25, -0.2) is 8.78 Å². The van der Waals surface area contributed by atoms with Gasteiger partial charge in [0.15, 0.2) is 0 Å². The van der Waals surface area contributed by atoms with E-state index in [0.717, 1.165) is 6.42 Å². The lowest BCUT2D eigenvalue weighted by Gasteiger charge is -2.12. The molecule has 0 aromatic heterocycles. The van der Waals surface area contributed by atoms with Crippen LogP contribution in [0.5, 0.6) is 0 Å². The molecule has 1 aromatic carbocycles. The van der Waals surface area contributed by atoms with Gasteiger partial charge in [-0.2, -0.15) is 0 Å². The van der Waals surface area contributed by atoms with Crippen molar-refractivity contribution < 1.29 is 8.78 Å². The summed E-state index contributed by atoms with van der Waals surface area (Å²) in [7, 11) is 0. The van der Waals surface area contributed by atoms with Gasteiger partial charge in [-0.3, -0.25) is 0 Å². The highest BCUT2D eigenvalue weighted by molar-refractivity contribution is 5.37. The van der Waals surface area contributed by atoms with Crippen molar-refractivity contribution in [1.82, 2.24) is 0 Å². The van der Waals surface area contributed by atoms with Crippen LogP contribution in [0.25, 0.3) is 0 Å². The van der Waals surface area contributed by atoms with Crippen LogP contribution >= 0.6 is 0 Å². The van der Waals surface area contributed by atoms with Crippen LogP contribution in [0.2, 0.25) is 0 Å². The lowest BCUT2D eigenvalue weighted by molar-refractivity contribution is 0.0891. The summed E-state index contributed by atoms with van der Waals surface area (Å²) in [6, 6.07) is 7.27. The molecule has 1 saturated carbocycles. The third kappa shape index (κ3) is 1.84. The van der Waals surface area contributed by atoms with E-state index in [1.54, 1.807) is 12.1 Å². The maximum absolute atomic E-state index is 13.1. The average molecular weight is 225 g/mol. The van der Waals surface area contributed by atoms with Crippen molar-refractivity contribution in [2.24, 2.45) is 11.7 Å². The molecular formula is C13H17F2N. The molecule has 1 aromatic rings. The third-order valence-corrected chi connectivity index (χ3v) is 3.14. The normalized spacial score (nSPS) is 27.1. The van der Waals surface area contributed by atoms with Gasteiger partial charge in [0.2, 0.25) is 0 Å². The van der Waals surface area contributed by atoms with E-state index in [-0.39, 0.29) is 6.42 Å². The Labute approximate surface area is 94.7 Å². The fourth-order valence-corrected chi connectivity index (χ4v) is 2.03. The topological polar surface area (TPSA) is 26.0 Å². The number of halogens is 2. The monoisotopic (exact) mass is 225 g/mol. The second-order valence-corrected chi connectivity index (χ2v) is 5.15. The standard InChI is InChI=1S/C13H17F2N/c1-9(2)7-10-3-5-11(6-4-10)12(16)8-13(12,14)15/h3-6,9H,7-8,16H2,1-2H3. The molecule has 0 amide bonds. The molecule has 1 nitrogen and oxygen atoms in total. The van der Waals surface area contributed by atoms with Crippen molar-refractivity contribution in [1.29, 1.82) is 0 Å². The molecule has 3 heteroatoms. The van der Waals surface area contributed by atoms with Crippen molar-refractivity contribution in [3.05, 3.63) is 35.4 Å². The van der Waals surface area contributed by atoms with E-state index in [0.29, 0.717) is 11.5 Å². The molecule has 1 atom stereocenters. The number of benzene rings is 1. The maximum Gasteiger partial charge on any atom is 0.272 e. The Morgan fingerprint density at radius 3 is 2.12 bits per heavy atom. The minimum Gasteiger partial charge on any atom is -0.316 e. The molecule has 1 aliphatic rings. The number of rotatable bonds is 3. The molecule has 2 N–H and O–H groups in total. The highest BCUT2D eigenvalue weighted by Gasteiger charge is 2.69. The molecule has 16 heavy (non-hydrogen) atoms. The van der Waals surface area contributed by atoms with E-state index in [9.17, 15) is 8.78 Å². The molecule has 0 saturated heterocycles. The minimum absolute atomic E-state index is 0.233. The predicted molar refractivity (Wildman–Crippen MR) is 60.4 cm³/mol. The Hall–Kier alpha value is -0.960. The van der Waals surface area contributed by atoms with Crippen LogP contribution in [0.1, 0.15) is 31.4 Å². The summed E-state index contributed by atoms with van der Waals surface area (Å²) in [4.78, 5) is 0. The lowest BCUT2D eigenvalue weighted by atomic mass is 9.98. The number of hydrogen-bond donors (Lipinski definition) is 1. The molecule has 0 bridgehead atoms. The summed E-state index contributed by atoms with van der Waals surface area (Å²) < 4.78 is 26.1. The van der Waals surface area contributed by atoms with Crippen molar-refractivity contribution in [2.75, 3.05) is 0 Å². The van der Waals surface area contributed by atoms with E-state index in [1.807, 2.05) is 12.1 Å². The number of hydrogen-bond acceptors (Lipinski definition) is 1. The Bertz CT molecular complexity index is 383. The Kier molecular flexibility index (Phi) is 2.54. The summed E-state index contributed by atoms with van der Waals surface area (Å²) in [6.07, 6.45) is 0.734. The second-order valence-electron chi connectivity index (χ2n) is 5.15. The van der Waals surface area contributed by atoms with Gasteiger partial charge in [-0.1, -0.05) is 38.1 Å². The van der Waals surface area contributed by atoms with E-state index in [1.165, 1.54) is 5.56 Å². The molecule has 1 unspecified atom stereocenters. The molecule has 1 aliphatic carbocycles. The highest BCUT2D eigenvalue weighted by Crippen LogP contribution is 2.57. The molecule has 0 spiro atoms. The SMILES string of the molecule is CC(C)Cc1ccc(C2(N)CC2(F)F)cc1. The summed E-state index contributed by atoms with van der Waals surface area (Å²) in [5.74, 6) is -2.16. The van der Waals surface area contributed by atoms with Crippen LogP contribution in [0.3, 0.4) is 0 Å². The first kappa shape index (κ1) is 11.5. The van der Waals surface area contributed by atoms with E-state index in [2.05, 4.69) is 13.8 Å². The van der Waals surface area contributed by atoms with Crippen molar-refractivity contribution in [2.45, 2.75) is 38.2 Å². The van der Waals surface area contributed by atoms with Gasteiger partial charge in [0.05, 0.1) is 0 Å². The predicted octanol–water partition coefficient (Wildman–Crippen LogP) is 3.08. The van der Waals surface area contributed by atoms with Gasteiger partial charge >= 0.3 is 0 Å². The van der Waals surface area contributed by atoms with Crippen LogP contribution in [-0.2, 0) is 12.0 Å². The van der Waals surface area contributed by atoms with Gasteiger partial charge < -0.3 is 5.73 Å². The second kappa shape index (κ2) is 3.52. The zero-order valence-corrected chi connectivity index (χ0v) is 9.63. The van der Waals surface area contributed by atoms with Crippen LogP contribution in [0, 0.1) is 5.92 Å². The van der Waals surface area contributed by atoms with Gasteiger partial charge in [0.25, 0.3) is 5.92 Å². The fraction of sp³-hybridized carbons (Fsp3) is 0.538. The van der Waals surface area contributed by atoms with E-state index in [4.69, 9.17) is 5.73 Å². The van der Waals surface area contributed by atoms with Crippen molar-refractivity contribution in [3.63, 3.8) is 0 Å². The molecule has 88 valence electrons. The van der Waals surface area contributed by atoms with Gasteiger partial charge in [-0.15, -0.1) is 0 Å². The first-order chi connectivity index (χ1) is 7.35. The molecule has 2 rings (SSSR count). The Balaban J connectivity index is 2.15. The molecule has 1 fully saturated rings. The Morgan fingerprint density at radius 2 is 1.75 bits per heavy atom. The number of alkyl halides is 2. The number of nitrogens with two attached hydrogens (primary N) is 1. The molecule has 0 radical (unpaired) electrons. The van der Waals surface area contributed by atoms with E-state index < -0.39 is 11.5 Å². The third-order valence-electron chi connectivity index (χ3n) is 3.14. The van der Waals surface area contributed by atoms with Crippen LogP contribution in [-0.4, -0.2) is 5.92 Å². The summed E-state index contributed by atoms with van der Waals surface area (Å²) in [6.45, 7) is 4.26. The first-order valence-electron chi connectivity index (χ1n) is 5.61. The molecular weight excluding hydrogens is 208 g/mol. The van der Waals surface area contributed by atoms with Crippen molar-refractivity contribution in [3.8, 4) is 0 Å². The smallest absolute Gasteiger partial charge is 0.272 e. The van der Waals surface area contributed by atoms with Crippen LogP contribution in [0.4, 0.5) is 8.78 Å². The van der Waals surface area contributed by atoms with E-state index >= 15 is 0 Å². The zero-order chi connectivity index (χ0) is 12.0. The van der Waals surface area contributed by atoms with Crippen molar-refractivity contribution >= 4 is 0 Å². The quantitative estimate of drug-likeness (QED) is 0.840. The fourth-order valence-electron chi connectivity index (χ4n) is 2.03. The first-order valence-corrected chi connectivity index (χ1v) is 5.61. The molecule has 0 aliphatic heterocycles. The Morgan fingerprint density at radius 1 is 1.25 bits per heavy atom. The summed E-state index contributed by atoms with van der Waals surface area (Å²) >= 11 is 0. The molecule has 0 heterocycles. The van der Waals surface area contributed by atoms with Gasteiger partial charge in [0.1, 0.15) is 5.54 Å². The maximum atomic E-state index is 13.1.